The van der Waals surface area contributed by atoms with Crippen LogP contribution in [0.2, 0.25) is 0 Å². The lowest BCUT2D eigenvalue weighted by Gasteiger charge is -2.39. The Morgan fingerprint density at radius 1 is 1.19 bits per heavy atom. The smallest absolute Gasteiger partial charge is 0.263 e. The average molecular weight is 505 g/mol. The predicted octanol–water partition coefficient (Wildman–Crippen LogP) is 3.48. The molecule has 0 aliphatic carbocycles. The highest BCUT2D eigenvalue weighted by Gasteiger charge is 2.29. The van der Waals surface area contributed by atoms with E-state index in [0.29, 0.717) is 36.1 Å². The number of ether oxygens (including phenoxy) is 1. The monoisotopic (exact) mass is 504 g/mol. The van der Waals surface area contributed by atoms with Crippen molar-refractivity contribution in [2.24, 2.45) is 5.41 Å². The third-order valence-electron chi connectivity index (χ3n) is 7.25. The standard InChI is InChI=1S/C27H32N6O4/c1-17-21(15-30-26-23(17)28-11-14-37-26)32-20-7-10-29-24(35)22(20)25(36)31-18-3-5-19(6-4-18)33-12-8-27(2,16-34)9-13-33/h3-7,10,15,28,34H,8-9,11-14,16H2,1-2H3,(H,31,36)(H2,29,32,35). The molecule has 4 heterocycles. The molecule has 2 aliphatic rings. The van der Waals surface area contributed by atoms with Crippen molar-refractivity contribution >= 4 is 34.3 Å². The van der Waals surface area contributed by atoms with Crippen LogP contribution in [-0.2, 0) is 0 Å². The van der Waals surface area contributed by atoms with Crippen LogP contribution in [0.25, 0.3) is 0 Å². The van der Waals surface area contributed by atoms with E-state index in [9.17, 15) is 14.7 Å². The largest absolute Gasteiger partial charge is 0.474 e. The van der Waals surface area contributed by atoms with E-state index in [2.05, 4.69) is 37.7 Å². The summed E-state index contributed by atoms with van der Waals surface area (Å²) in [5.74, 6) is 0.0207. The number of aromatic nitrogens is 2. The highest BCUT2D eigenvalue weighted by Crippen LogP contribution is 2.35. The number of hydrogen-bond donors (Lipinski definition) is 5. The number of nitrogens with one attached hydrogen (secondary N) is 4. The number of aliphatic hydroxyl groups excluding tert-OH is 1. The number of benzene rings is 1. The zero-order valence-corrected chi connectivity index (χ0v) is 21.1. The fourth-order valence-electron chi connectivity index (χ4n) is 4.71. The van der Waals surface area contributed by atoms with Crippen LogP contribution >= 0.6 is 0 Å². The molecule has 0 radical (unpaired) electrons. The molecule has 37 heavy (non-hydrogen) atoms. The Balaban J connectivity index is 1.31. The summed E-state index contributed by atoms with van der Waals surface area (Å²) < 4.78 is 5.58. The number of piperidine rings is 1. The van der Waals surface area contributed by atoms with Crippen molar-refractivity contribution < 1.29 is 14.6 Å². The van der Waals surface area contributed by atoms with E-state index in [1.165, 1.54) is 6.20 Å². The van der Waals surface area contributed by atoms with E-state index in [4.69, 9.17) is 4.74 Å². The van der Waals surface area contributed by atoms with Crippen molar-refractivity contribution in [2.45, 2.75) is 26.7 Å². The van der Waals surface area contributed by atoms with Crippen LogP contribution in [0.1, 0.15) is 35.7 Å². The third kappa shape index (κ3) is 5.10. The Hall–Kier alpha value is -4.05. The first kappa shape index (κ1) is 24.6. The number of hydrogen-bond acceptors (Lipinski definition) is 8. The molecule has 2 aromatic heterocycles. The van der Waals surface area contributed by atoms with Crippen LogP contribution in [0.3, 0.4) is 0 Å². The SMILES string of the molecule is Cc1c(Nc2cc[nH]c(=O)c2C(=O)Nc2ccc(N3CCC(C)(CO)CC3)cc2)cnc2c1NCCO2. The molecule has 10 heteroatoms. The number of amides is 1. The molecule has 5 rings (SSSR count). The molecular formula is C27H32N6O4. The van der Waals surface area contributed by atoms with Gasteiger partial charge in [-0.25, -0.2) is 4.98 Å². The van der Waals surface area contributed by atoms with Crippen LogP contribution in [0.4, 0.5) is 28.4 Å². The summed E-state index contributed by atoms with van der Waals surface area (Å²) >= 11 is 0. The highest BCUT2D eigenvalue weighted by atomic mass is 16.5. The molecule has 0 unspecified atom stereocenters. The Morgan fingerprint density at radius 2 is 1.95 bits per heavy atom. The van der Waals surface area contributed by atoms with Gasteiger partial charge < -0.3 is 35.7 Å². The molecule has 3 aromatic rings. The zero-order chi connectivity index (χ0) is 26.0. The number of aliphatic hydroxyl groups is 1. The van der Waals surface area contributed by atoms with Gasteiger partial charge in [0.25, 0.3) is 11.5 Å². The van der Waals surface area contributed by atoms with Gasteiger partial charge in [0.15, 0.2) is 0 Å². The Bertz CT molecular complexity index is 1350. The average Bonchev–Trinajstić information content (AvgIpc) is 2.91. The summed E-state index contributed by atoms with van der Waals surface area (Å²) in [4.78, 5) is 35.1. The number of pyridine rings is 2. The Kier molecular flexibility index (Phi) is 6.75. The summed E-state index contributed by atoms with van der Waals surface area (Å²) in [5, 5.41) is 18.9. The van der Waals surface area contributed by atoms with Gasteiger partial charge in [-0.1, -0.05) is 6.92 Å². The van der Waals surface area contributed by atoms with E-state index < -0.39 is 11.5 Å². The second-order valence-corrected chi connectivity index (χ2v) is 9.93. The summed E-state index contributed by atoms with van der Waals surface area (Å²) in [7, 11) is 0. The number of nitrogens with zero attached hydrogens (tertiary/aromatic N) is 2. The fourth-order valence-corrected chi connectivity index (χ4v) is 4.71. The first-order chi connectivity index (χ1) is 17.9. The van der Waals surface area contributed by atoms with Crippen molar-refractivity contribution in [3.05, 3.63) is 64.2 Å². The Morgan fingerprint density at radius 3 is 2.68 bits per heavy atom. The van der Waals surface area contributed by atoms with Crippen LogP contribution < -0.4 is 31.1 Å². The molecule has 10 nitrogen and oxygen atoms in total. The summed E-state index contributed by atoms with van der Waals surface area (Å²) in [6.45, 7) is 7.21. The van der Waals surface area contributed by atoms with Gasteiger partial charge in [0.1, 0.15) is 17.9 Å². The topological polar surface area (TPSA) is 132 Å². The van der Waals surface area contributed by atoms with E-state index in [0.717, 1.165) is 42.9 Å². The van der Waals surface area contributed by atoms with Crippen LogP contribution in [0, 0.1) is 12.3 Å². The lowest BCUT2D eigenvalue weighted by atomic mass is 9.81. The van der Waals surface area contributed by atoms with Gasteiger partial charge in [0, 0.05) is 49.4 Å². The van der Waals surface area contributed by atoms with Crippen LogP contribution in [-0.4, -0.2) is 53.8 Å². The maximum absolute atomic E-state index is 13.2. The molecule has 0 saturated carbocycles. The minimum Gasteiger partial charge on any atom is -0.474 e. The van der Waals surface area contributed by atoms with Gasteiger partial charge in [-0.15, -0.1) is 0 Å². The maximum Gasteiger partial charge on any atom is 0.263 e. The van der Waals surface area contributed by atoms with Crippen LogP contribution in [0.15, 0.2) is 47.5 Å². The van der Waals surface area contributed by atoms with Crippen molar-refractivity contribution in [1.82, 2.24) is 9.97 Å². The number of aromatic amines is 1. The quantitative estimate of drug-likeness (QED) is 0.345. The molecule has 1 fully saturated rings. The fraction of sp³-hybridized carbons (Fsp3) is 0.370. The number of anilines is 5. The first-order valence-corrected chi connectivity index (χ1v) is 12.5. The lowest BCUT2D eigenvalue weighted by molar-refractivity contribution is 0.102. The minimum atomic E-state index is -0.515. The van der Waals surface area contributed by atoms with E-state index >= 15 is 0 Å². The second kappa shape index (κ2) is 10.1. The van der Waals surface area contributed by atoms with Gasteiger partial charge in [0.05, 0.1) is 17.6 Å². The number of carbonyl (C=O) groups is 1. The predicted molar refractivity (Wildman–Crippen MR) is 144 cm³/mol. The van der Waals surface area contributed by atoms with Gasteiger partial charge in [0.2, 0.25) is 5.88 Å². The number of carbonyl (C=O) groups excluding carboxylic acids is 1. The molecule has 2 aliphatic heterocycles. The molecule has 1 amide bonds. The summed E-state index contributed by atoms with van der Waals surface area (Å²) in [6.07, 6.45) is 4.99. The van der Waals surface area contributed by atoms with E-state index in [1.807, 2.05) is 31.2 Å². The van der Waals surface area contributed by atoms with Crippen molar-refractivity contribution in [3.8, 4) is 5.88 Å². The molecule has 0 atom stereocenters. The Labute approximate surface area is 215 Å². The zero-order valence-electron chi connectivity index (χ0n) is 21.1. The van der Waals surface area contributed by atoms with E-state index in [-0.39, 0.29) is 17.6 Å². The molecule has 0 bridgehead atoms. The second-order valence-electron chi connectivity index (χ2n) is 9.93. The van der Waals surface area contributed by atoms with Crippen molar-refractivity contribution in [2.75, 3.05) is 53.7 Å². The van der Waals surface area contributed by atoms with Gasteiger partial charge in [-0.2, -0.15) is 0 Å². The number of rotatable bonds is 6. The van der Waals surface area contributed by atoms with Gasteiger partial charge in [-0.3, -0.25) is 9.59 Å². The number of fused-ring (bicyclic) bond motifs is 1. The van der Waals surface area contributed by atoms with Crippen molar-refractivity contribution in [1.29, 1.82) is 0 Å². The molecule has 1 saturated heterocycles. The van der Waals surface area contributed by atoms with Crippen molar-refractivity contribution in [3.63, 3.8) is 0 Å². The van der Waals surface area contributed by atoms with E-state index in [1.54, 1.807) is 12.3 Å². The molecule has 194 valence electrons. The first-order valence-electron chi connectivity index (χ1n) is 12.5. The summed E-state index contributed by atoms with van der Waals surface area (Å²) in [5.41, 5.74) is 3.83. The normalized spacial score (nSPS) is 16.2. The molecule has 0 spiro atoms. The third-order valence-corrected chi connectivity index (χ3v) is 7.25. The van der Waals surface area contributed by atoms with Gasteiger partial charge >= 0.3 is 0 Å². The minimum absolute atomic E-state index is 0.0170. The maximum atomic E-state index is 13.2. The molecule has 5 N–H and O–H groups in total. The van der Waals surface area contributed by atoms with Crippen LogP contribution in [0.5, 0.6) is 5.88 Å². The molecule has 1 aromatic carbocycles. The highest BCUT2D eigenvalue weighted by molar-refractivity contribution is 6.08. The number of H-pyrrole nitrogens is 1. The molecular weight excluding hydrogens is 472 g/mol. The van der Waals surface area contributed by atoms with Gasteiger partial charge in [-0.05, 0) is 55.5 Å². The summed E-state index contributed by atoms with van der Waals surface area (Å²) in [6, 6.07) is 9.24. The lowest BCUT2D eigenvalue weighted by Crippen LogP contribution is -2.40.